The van der Waals surface area contributed by atoms with Gasteiger partial charge >= 0.3 is 27.6 Å². The molecule has 0 aromatic carbocycles. The highest BCUT2D eigenvalue weighted by Gasteiger charge is 2.28. The summed E-state index contributed by atoms with van der Waals surface area (Å²) in [5.74, 6) is -1.31. The number of hydrogen-bond donors (Lipinski definition) is 6. The van der Waals surface area contributed by atoms with E-state index in [-0.39, 0.29) is 25.7 Å². The second kappa shape index (κ2) is 42.1. The number of esters is 2. The van der Waals surface area contributed by atoms with Crippen molar-refractivity contribution in [2.45, 2.75) is 154 Å². The summed E-state index contributed by atoms with van der Waals surface area (Å²) in [4.78, 5) is 52.8. The van der Waals surface area contributed by atoms with E-state index in [1.807, 2.05) is 24.3 Å². The highest BCUT2D eigenvalue weighted by atomic mass is 31.2. The molecule has 0 aliphatic rings. The highest BCUT2D eigenvalue weighted by Crippen LogP contribution is 2.43. The molecule has 0 heterocycles. The summed E-state index contributed by atoms with van der Waals surface area (Å²) in [5.41, 5.74) is 0. The molecule has 0 aliphatic heterocycles. The van der Waals surface area contributed by atoms with E-state index in [9.17, 15) is 38.9 Å². The second-order valence-electron chi connectivity index (χ2n) is 15.0. The van der Waals surface area contributed by atoms with Crippen LogP contribution in [0.4, 0.5) is 0 Å². The van der Waals surface area contributed by atoms with Crippen LogP contribution in [0.25, 0.3) is 0 Å². The van der Waals surface area contributed by atoms with Crippen LogP contribution in [0.5, 0.6) is 0 Å². The molecule has 0 fully saturated rings. The molecule has 0 aromatic heterocycles. The van der Waals surface area contributed by atoms with Crippen LogP contribution in [0.2, 0.25) is 0 Å². The Morgan fingerprint density at radius 3 is 1.60 bits per heavy atom. The SMILES string of the molecule is CC/C=C\C/C=C\C/C=C\C/C=C\C/C=C\CCCCCC(=O)O[C@H](COC(=O)CCC[C@@H](O)/C=C/C=C\C/C=C\C=C\[C@@H](O)CCCCC)COP(=O)(O)OC[C@@H](O)COP(=O)(O)O. The van der Waals surface area contributed by atoms with E-state index in [0.29, 0.717) is 12.8 Å². The number of phosphoric ester groups is 2. The number of aliphatic hydroxyl groups excluding tert-OH is 3. The number of rotatable bonds is 41. The summed E-state index contributed by atoms with van der Waals surface area (Å²) < 4.78 is 47.6. The van der Waals surface area contributed by atoms with Gasteiger partial charge in [-0.1, -0.05) is 149 Å². The number of unbranched alkanes of at least 4 members (excludes halogenated alkanes) is 5. The third kappa shape index (κ3) is 45.6. The topological polar surface area (TPSA) is 236 Å². The van der Waals surface area contributed by atoms with E-state index < -0.39 is 78.4 Å². The van der Waals surface area contributed by atoms with Crippen LogP contribution in [0.15, 0.2) is 109 Å². The smallest absolute Gasteiger partial charge is 0.462 e. The normalized spacial score (nSPS) is 15.9. The maximum absolute atomic E-state index is 12.7. The Morgan fingerprint density at radius 2 is 1.03 bits per heavy atom. The minimum atomic E-state index is -4.90. The first-order valence-electron chi connectivity index (χ1n) is 22.8. The van der Waals surface area contributed by atoms with E-state index >= 15 is 0 Å². The van der Waals surface area contributed by atoms with Gasteiger partial charge in [0.2, 0.25) is 0 Å². The van der Waals surface area contributed by atoms with Gasteiger partial charge < -0.3 is 39.5 Å². The Hall–Kier alpha value is -3.30. The maximum atomic E-state index is 12.7. The van der Waals surface area contributed by atoms with Crippen molar-refractivity contribution in [1.82, 2.24) is 0 Å². The van der Waals surface area contributed by atoms with Crippen molar-refractivity contribution in [3.05, 3.63) is 109 Å². The molecule has 0 amide bonds. The van der Waals surface area contributed by atoms with Crippen LogP contribution >= 0.6 is 15.6 Å². The Bertz CT molecular complexity index is 1590. The first kappa shape index (κ1) is 61.7. The molecule has 0 radical (unpaired) electrons. The van der Waals surface area contributed by atoms with Crippen LogP contribution in [-0.4, -0.2) is 92.8 Å². The summed E-state index contributed by atoms with van der Waals surface area (Å²) in [6.07, 6.45) is 44.3. The van der Waals surface area contributed by atoms with Crippen LogP contribution in [0.3, 0.4) is 0 Å². The number of carbonyl (C=O) groups is 2. The van der Waals surface area contributed by atoms with Crippen molar-refractivity contribution in [3.8, 4) is 0 Å². The van der Waals surface area contributed by atoms with Gasteiger partial charge in [0.15, 0.2) is 6.10 Å². The Labute approximate surface area is 387 Å². The Morgan fingerprint density at radius 1 is 0.523 bits per heavy atom. The van der Waals surface area contributed by atoms with Gasteiger partial charge in [0.25, 0.3) is 0 Å². The summed E-state index contributed by atoms with van der Waals surface area (Å²) in [5, 5.41) is 29.9. The van der Waals surface area contributed by atoms with E-state index in [1.54, 1.807) is 24.3 Å². The standard InChI is InChI=1S/C48H78O15P2/c1-3-5-7-8-9-10-11-12-13-14-15-16-17-18-19-20-24-27-31-37-48(53)63-46(42-62-65(57,58)61-40-45(51)39-60-64(54,55)56)41-59-47(52)38-32-36-44(50)35-30-26-23-21-22-25-29-34-43(49)33-28-6-4-2/h5,7,9-10,12-13,15-16,18-19,22-23,25-26,29-30,34-35,43-46,49-51H,3-4,6,8,11,14,17,20-21,24,27-28,31-33,36-42H2,1-2H3,(H,57,58)(H2,54,55,56)/b7-5-,10-9-,13-12-,16-15-,19-18-,25-22-,26-23-,34-29+,35-30+/t43-,44-,45-,46+/m0/s1. The molecule has 0 aliphatic carbocycles. The fourth-order valence-corrected chi connectivity index (χ4v) is 6.51. The first-order valence-corrected chi connectivity index (χ1v) is 25.8. The zero-order valence-corrected chi connectivity index (χ0v) is 40.3. The predicted octanol–water partition coefficient (Wildman–Crippen LogP) is 9.83. The van der Waals surface area contributed by atoms with E-state index in [1.165, 1.54) is 0 Å². The van der Waals surface area contributed by atoms with Gasteiger partial charge in [-0.3, -0.25) is 23.2 Å². The number of hydrogen-bond acceptors (Lipinski definition) is 12. The van der Waals surface area contributed by atoms with Crippen LogP contribution in [0.1, 0.15) is 129 Å². The monoisotopic (exact) mass is 956 g/mol. The lowest BCUT2D eigenvalue weighted by Gasteiger charge is -2.20. The average Bonchev–Trinajstić information content (AvgIpc) is 3.26. The van der Waals surface area contributed by atoms with Gasteiger partial charge in [-0.25, -0.2) is 9.13 Å². The number of phosphoric acid groups is 2. The summed E-state index contributed by atoms with van der Waals surface area (Å²) in [7, 11) is -9.78. The largest absolute Gasteiger partial charge is 0.472 e. The van der Waals surface area contributed by atoms with Crippen molar-refractivity contribution in [2.24, 2.45) is 0 Å². The molecule has 17 heteroatoms. The molecule has 65 heavy (non-hydrogen) atoms. The third-order valence-corrected chi connectivity index (χ3v) is 10.3. The molecule has 0 saturated carbocycles. The second-order valence-corrected chi connectivity index (χ2v) is 17.7. The van der Waals surface area contributed by atoms with Crippen LogP contribution in [0, 0.1) is 0 Å². The summed E-state index contributed by atoms with van der Waals surface area (Å²) >= 11 is 0. The van der Waals surface area contributed by atoms with Crippen molar-refractivity contribution in [1.29, 1.82) is 0 Å². The van der Waals surface area contributed by atoms with E-state index in [4.69, 9.17) is 23.8 Å². The van der Waals surface area contributed by atoms with Crippen molar-refractivity contribution in [2.75, 3.05) is 26.4 Å². The molecular weight excluding hydrogens is 878 g/mol. The van der Waals surface area contributed by atoms with Gasteiger partial charge in [-0.15, -0.1) is 0 Å². The molecule has 15 nitrogen and oxygen atoms in total. The first-order chi connectivity index (χ1) is 31.2. The number of aliphatic hydroxyl groups is 3. The zero-order valence-electron chi connectivity index (χ0n) is 38.5. The molecule has 1 unspecified atom stereocenters. The van der Waals surface area contributed by atoms with Gasteiger partial charge in [-0.05, 0) is 77.0 Å². The van der Waals surface area contributed by atoms with Gasteiger partial charge in [0.05, 0.1) is 32.0 Å². The molecule has 5 atom stereocenters. The number of allylic oxidation sites excluding steroid dienone is 16. The molecule has 6 N–H and O–H groups in total. The highest BCUT2D eigenvalue weighted by molar-refractivity contribution is 7.47. The minimum Gasteiger partial charge on any atom is -0.462 e. The average molecular weight is 957 g/mol. The molecule has 0 aromatic rings. The van der Waals surface area contributed by atoms with Crippen molar-refractivity contribution < 1.29 is 71.8 Å². The molecule has 0 bridgehead atoms. The minimum absolute atomic E-state index is 0.0358. The number of ether oxygens (including phenoxy) is 2. The lowest BCUT2D eigenvalue weighted by Crippen LogP contribution is -2.30. The predicted molar refractivity (Wildman–Crippen MR) is 255 cm³/mol. The fraction of sp³-hybridized carbons (Fsp3) is 0.583. The zero-order chi connectivity index (χ0) is 48.3. The molecule has 0 saturated heterocycles. The lowest BCUT2D eigenvalue weighted by atomic mass is 10.1. The van der Waals surface area contributed by atoms with E-state index in [0.717, 1.165) is 77.0 Å². The third-order valence-electron chi connectivity index (χ3n) is 8.84. The fourth-order valence-electron chi connectivity index (χ4n) is 5.35. The summed E-state index contributed by atoms with van der Waals surface area (Å²) in [6, 6.07) is 0. The lowest BCUT2D eigenvalue weighted by molar-refractivity contribution is -0.161. The van der Waals surface area contributed by atoms with Crippen molar-refractivity contribution >= 4 is 27.6 Å². The van der Waals surface area contributed by atoms with Crippen LogP contribution < -0.4 is 0 Å². The maximum Gasteiger partial charge on any atom is 0.472 e. The molecular formula is C48H78O15P2. The number of carbonyl (C=O) groups excluding carboxylic acids is 2. The molecule has 370 valence electrons. The van der Waals surface area contributed by atoms with Crippen LogP contribution in [-0.2, 0) is 41.8 Å². The molecule has 0 rings (SSSR count). The Kier molecular flexibility index (Phi) is 39.9. The van der Waals surface area contributed by atoms with E-state index in [2.05, 4.69) is 83.7 Å². The van der Waals surface area contributed by atoms with Gasteiger partial charge in [0.1, 0.15) is 12.7 Å². The quantitative estimate of drug-likeness (QED) is 0.0110. The van der Waals surface area contributed by atoms with Crippen molar-refractivity contribution in [3.63, 3.8) is 0 Å². The Balaban J connectivity index is 4.80. The molecule has 0 spiro atoms. The van der Waals surface area contributed by atoms with Gasteiger partial charge in [0, 0.05) is 12.8 Å². The van der Waals surface area contributed by atoms with Gasteiger partial charge in [-0.2, -0.15) is 0 Å². The summed E-state index contributed by atoms with van der Waals surface area (Å²) in [6.45, 7) is 1.23.